The van der Waals surface area contributed by atoms with E-state index in [4.69, 9.17) is 5.26 Å². The first-order chi connectivity index (χ1) is 11.7. The van der Waals surface area contributed by atoms with Crippen molar-refractivity contribution in [1.82, 2.24) is 9.80 Å². The molecule has 2 aromatic rings. The zero-order valence-electron chi connectivity index (χ0n) is 13.8. The van der Waals surface area contributed by atoms with Gasteiger partial charge < -0.3 is 4.90 Å². The number of rotatable bonds is 5. The summed E-state index contributed by atoms with van der Waals surface area (Å²) in [7, 11) is 1.86. The zero-order chi connectivity index (χ0) is 16.9. The summed E-state index contributed by atoms with van der Waals surface area (Å²) < 4.78 is 0. The molecule has 1 aliphatic rings. The topological polar surface area (TPSA) is 47.3 Å². The maximum atomic E-state index is 12.4. The molecule has 0 radical (unpaired) electrons. The maximum absolute atomic E-state index is 12.4. The molecule has 3 rings (SSSR count). The van der Waals surface area contributed by atoms with Crippen molar-refractivity contribution in [2.75, 3.05) is 26.7 Å². The molecule has 24 heavy (non-hydrogen) atoms. The van der Waals surface area contributed by atoms with E-state index in [0.717, 1.165) is 32.6 Å². The van der Waals surface area contributed by atoms with Crippen LogP contribution in [0.15, 0.2) is 41.8 Å². The van der Waals surface area contributed by atoms with Crippen molar-refractivity contribution in [2.45, 2.75) is 13.0 Å². The van der Waals surface area contributed by atoms with Gasteiger partial charge in [-0.1, -0.05) is 30.3 Å². The van der Waals surface area contributed by atoms with Gasteiger partial charge in [0, 0.05) is 32.1 Å². The lowest BCUT2D eigenvalue weighted by molar-refractivity contribution is 0.0778. The van der Waals surface area contributed by atoms with E-state index in [9.17, 15) is 4.79 Å². The summed E-state index contributed by atoms with van der Waals surface area (Å²) in [4.78, 5) is 17.3. The molecule has 0 unspecified atom stereocenters. The fourth-order valence-electron chi connectivity index (χ4n) is 3.21. The van der Waals surface area contributed by atoms with Crippen LogP contribution in [0.5, 0.6) is 0 Å². The highest BCUT2D eigenvalue weighted by Gasteiger charge is 2.25. The molecule has 1 atom stereocenters. The number of likely N-dealkylation sites (tertiary alicyclic amines) is 1. The first kappa shape index (κ1) is 16.7. The van der Waals surface area contributed by atoms with Crippen LogP contribution in [0.3, 0.4) is 0 Å². The van der Waals surface area contributed by atoms with Crippen molar-refractivity contribution in [3.63, 3.8) is 0 Å². The normalized spacial score (nSPS) is 17.6. The van der Waals surface area contributed by atoms with Gasteiger partial charge in [0.25, 0.3) is 5.91 Å². The molecule has 1 amide bonds. The Bertz CT molecular complexity index is 735. The first-order valence-corrected chi connectivity index (χ1v) is 9.04. The van der Waals surface area contributed by atoms with Gasteiger partial charge in [-0.2, -0.15) is 5.26 Å². The lowest BCUT2D eigenvalue weighted by atomic mass is 10.1. The molecule has 1 aromatic heterocycles. The number of benzene rings is 1. The molecule has 1 fully saturated rings. The van der Waals surface area contributed by atoms with Gasteiger partial charge >= 0.3 is 0 Å². The molecule has 0 N–H and O–H groups in total. The molecule has 1 aliphatic heterocycles. The highest BCUT2D eigenvalue weighted by molar-refractivity contribution is 7.12. The summed E-state index contributed by atoms with van der Waals surface area (Å²) >= 11 is 1.35. The third-order valence-corrected chi connectivity index (χ3v) is 5.36. The molecule has 0 bridgehead atoms. The largest absolute Gasteiger partial charge is 0.341 e. The number of carbonyl (C=O) groups is 1. The Morgan fingerprint density at radius 2 is 2.21 bits per heavy atom. The number of nitrogens with zero attached hydrogens (tertiary/aromatic N) is 3. The first-order valence-electron chi connectivity index (χ1n) is 8.16. The number of nitriles is 1. The van der Waals surface area contributed by atoms with E-state index in [0.29, 0.717) is 16.4 Å². The number of thiophene rings is 1. The standard InChI is InChI=1S/C19H21N3OS/c1-21(19(23)18-9-17(10-20)14-24-18)11-16-7-8-22(13-16)12-15-5-3-2-4-6-15/h2-6,9,14,16H,7-8,11-13H2,1H3/t16-/m0/s1. The number of hydrogen-bond donors (Lipinski definition) is 0. The summed E-state index contributed by atoms with van der Waals surface area (Å²) in [6.07, 6.45) is 1.12. The highest BCUT2D eigenvalue weighted by Crippen LogP contribution is 2.21. The average Bonchev–Trinajstić information content (AvgIpc) is 3.24. The van der Waals surface area contributed by atoms with Crippen LogP contribution < -0.4 is 0 Å². The van der Waals surface area contributed by atoms with Crippen molar-refractivity contribution < 1.29 is 4.79 Å². The third-order valence-electron chi connectivity index (χ3n) is 4.44. The van der Waals surface area contributed by atoms with E-state index in [1.54, 1.807) is 16.3 Å². The van der Waals surface area contributed by atoms with E-state index in [2.05, 4.69) is 35.2 Å². The van der Waals surface area contributed by atoms with Gasteiger partial charge in [0.05, 0.1) is 10.4 Å². The Labute approximate surface area is 146 Å². The van der Waals surface area contributed by atoms with Gasteiger partial charge in [0.1, 0.15) is 6.07 Å². The van der Waals surface area contributed by atoms with E-state index in [-0.39, 0.29) is 5.91 Å². The highest BCUT2D eigenvalue weighted by atomic mass is 32.1. The van der Waals surface area contributed by atoms with Gasteiger partial charge in [-0.15, -0.1) is 11.3 Å². The van der Waals surface area contributed by atoms with E-state index in [1.165, 1.54) is 16.9 Å². The minimum atomic E-state index is 0.0167. The Morgan fingerprint density at radius 3 is 2.92 bits per heavy atom. The van der Waals surface area contributed by atoms with Gasteiger partial charge in [-0.05, 0) is 30.5 Å². The molecule has 5 heteroatoms. The monoisotopic (exact) mass is 339 g/mol. The number of hydrogen-bond acceptors (Lipinski definition) is 4. The molecular weight excluding hydrogens is 318 g/mol. The summed E-state index contributed by atoms with van der Waals surface area (Å²) in [6, 6.07) is 14.3. The van der Waals surface area contributed by atoms with Crippen LogP contribution in [0.25, 0.3) is 0 Å². The van der Waals surface area contributed by atoms with Gasteiger partial charge in [-0.3, -0.25) is 9.69 Å². The van der Waals surface area contributed by atoms with E-state index < -0.39 is 0 Å². The summed E-state index contributed by atoms with van der Waals surface area (Å²) in [6.45, 7) is 3.86. The molecule has 1 saturated heterocycles. The van der Waals surface area contributed by atoms with Gasteiger partial charge in [0.2, 0.25) is 0 Å². The predicted molar refractivity (Wildman–Crippen MR) is 95.8 cm³/mol. The van der Waals surface area contributed by atoms with Crippen LogP contribution in [0.4, 0.5) is 0 Å². The van der Waals surface area contributed by atoms with Crippen LogP contribution in [-0.4, -0.2) is 42.4 Å². The van der Waals surface area contributed by atoms with Crippen LogP contribution >= 0.6 is 11.3 Å². The summed E-state index contributed by atoms with van der Waals surface area (Å²) in [5.74, 6) is 0.529. The summed E-state index contributed by atoms with van der Waals surface area (Å²) in [5, 5.41) is 10.6. The second kappa shape index (κ2) is 7.61. The second-order valence-corrected chi connectivity index (χ2v) is 7.28. The zero-order valence-corrected chi connectivity index (χ0v) is 14.6. The van der Waals surface area contributed by atoms with Crippen LogP contribution in [0.1, 0.15) is 27.2 Å². The molecular formula is C19H21N3OS. The van der Waals surface area contributed by atoms with Crippen molar-refractivity contribution >= 4 is 17.2 Å². The van der Waals surface area contributed by atoms with Gasteiger partial charge in [0.15, 0.2) is 0 Å². The molecule has 2 heterocycles. The predicted octanol–water partition coefficient (Wildman–Crippen LogP) is 3.21. The fourth-order valence-corrected chi connectivity index (χ4v) is 4.04. The molecule has 0 aliphatic carbocycles. The van der Waals surface area contributed by atoms with E-state index in [1.807, 2.05) is 13.1 Å². The third kappa shape index (κ3) is 4.02. The lowest BCUT2D eigenvalue weighted by Gasteiger charge is -2.21. The fraction of sp³-hybridized carbons (Fsp3) is 0.368. The Hall–Kier alpha value is -2.16. The molecule has 0 spiro atoms. The SMILES string of the molecule is CN(C[C@@H]1CCN(Cc2ccccc2)C1)C(=O)c1cc(C#N)cs1. The molecule has 4 nitrogen and oxygen atoms in total. The molecule has 1 aromatic carbocycles. The number of carbonyl (C=O) groups excluding carboxylic acids is 1. The van der Waals surface area contributed by atoms with E-state index >= 15 is 0 Å². The Morgan fingerprint density at radius 1 is 1.42 bits per heavy atom. The Balaban J connectivity index is 1.51. The lowest BCUT2D eigenvalue weighted by Crippen LogP contribution is -2.32. The van der Waals surface area contributed by atoms with Crippen molar-refractivity contribution in [3.05, 3.63) is 57.8 Å². The maximum Gasteiger partial charge on any atom is 0.263 e. The second-order valence-electron chi connectivity index (χ2n) is 6.37. The minimum Gasteiger partial charge on any atom is -0.341 e. The van der Waals surface area contributed by atoms with Crippen LogP contribution in [-0.2, 0) is 6.54 Å². The molecule has 0 saturated carbocycles. The number of amides is 1. The van der Waals surface area contributed by atoms with Crippen molar-refractivity contribution in [3.8, 4) is 6.07 Å². The van der Waals surface area contributed by atoms with Gasteiger partial charge in [-0.25, -0.2) is 0 Å². The van der Waals surface area contributed by atoms with Crippen LogP contribution in [0.2, 0.25) is 0 Å². The average molecular weight is 339 g/mol. The summed E-state index contributed by atoms with van der Waals surface area (Å²) in [5.41, 5.74) is 1.90. The minimum absolute atomic E-state index is 0.0167. The van der Waals surface area contributed by atoms with Crippen molar-refractivity contribution in [1.29, 1.82) is 5.26 Å². The molecule has 124 valence electrons. The quantitative estimate of drug-likeness (QED) is 0.840. The Kier molecular flexibility index (Phi) is 5.29. The van der Waals surface area contributed by atoms with Crippen molar-refractivity contribution in [2.24, 2.45) is 5.92 Å². The smallest absolute Gasteiger partial charge is 0.263 e. The van der Waals surface area contributed by atoms with Crippen LogP contribution in [0, 0.1) is 17.2 Å².